The second-order valence-corrected chi connectivity index (χ2v) is 7.72. The highest BCUT2D eigenvalue weighted by Crippen LogP contribution is 2.26. The van der Waals surface area contributed by atoms with Gasteiger partial charge in [-0.3, -0.25) is 9.59 Å². The summed E-state index contributed by atoms with van der Waals surface area (Å²) >= 11 is 0. The lowest BCUT2D eigenvalue weighted by Crippen LogP contribution is -3.15. The van der Waals surface area contributed by atoms with Crippen molar-refractivity contribution in [1.82, 2.24) is 10.2 Å². The van der Waals surface area contributed by atoms with Crippen molar-refractivity contribution < 1.29 is 19.2 Å². The molecule has 2 N–H and O–H groups in total. The van der Waals surface area contributed by atoms with E-state index in [2.05, 4.69) is 17.4 Å². The van der Waals surface area contributed by atoms with Crippen LogP contribution in [0.1, 0.15) is 30.4 Å². The zero-order valence-corrected chi connectivity index (χ0v) is 15.3. The van der Waals surface area contributed by atoms with E-state index in [9.17, 15) is 9.59 Å². The largest absolute Gasteiger partial charge is 0.484 e. The van der Waals surface area contributed by atoms with E-state index < -0.39 is 0 Å². The Labute approximate surface area is 154 Å². The number of ether oxygens (including phenoxy) is 1. The molecule has 2 aliphatic carbocycles. The van der Waals surface area contributed by atoms with E-state index in [0.29, 0.717) is 25.7 Å². The standard InChI is InChI=1S/C20H27N3O3/c24-19(21-17-5-6-17)13-22-8-10-23(11-9-22)20(25)14-26-18-7-4-15-2-1-3-16(15)12-18/h4,7,12,17H,1-3,5-6,8-11,13-14H2,(H,21,24)/p+1. The van der Waals surface area contributed by atoms with Crippen molar-refractivity contribution >= 4 is 11.8 Å². The summed E-state index contributed by atoms with van der Waals surface area (Å²) in [4.78, 5) is 27.4. The summed E-state index contributed by atoms with van der Waals surface area (Å²) in [5.41, 5.74) is 2.77. The molecule has 2 fully saturated rings. The smallest absolute Gasteiger partial charge is 0.275 e. The molecule has 0 bridgehead atoms. The molecule has 1 heterocycles. The maximum Gasteiger partial charge on any atom is 0.275 e. The average molecular weight is 358 g/mol. The van der Waals surface area contributed by atoms with Gasteiger partial charge in [-0.1, -0.05) is 6.07 Å². The van der Waals surface area contributed by atoms with Crippen molar-refractivity contribution in [3.63, 3.8) is 0 Å². The quantitative estimate of drug-likeness (QED) is 0.725. The van der Waals surface area contributed by atoms with Crippen molar-refractivity contribution in [2.24, 2.45) is 0 Å². The van der Waals surface area contributed by atoms with E-state index >= 15 is 0 Å². The van der Waals surface area contributed by atoms with Crippen LogP contribution in [0.5, 0.6) is 5.75 Å². The van der Waals surface area contributed by atoms with E-state index in [1.165, 1.54) is 22.4 Å². The molecule has 6 heteroatoms. The summed E-state index contributed by atoms with van der Waals surface area (Å²) in [6.45, 7) is 3.64. The summed E-state index contributed by atoms with van der Waals surface area (Å²) in [5, 5.41) is 3.03. The van der Waals surface area contributed by atoms with Crippen molar-refractivity contribution in [3.05, 3.63) is 29.3 Å². The molecule has 1 saturated heterocycles. The Bertz CT molecular complexity index is 679. The van der Waals surface area contributed by atoms with Gasteiger partial charge in [-0.25, -0.2) is 0 Å². The summed E-state index contributed by atoms with van der Waals surface area (Å²) in [6, 6.07) is 6.59. The molecular formula is C20H28N3O3+. The van der Waals surface area contributed by atoms with Gasteiger partial charge in [0, 0.05) is 6.04 Å². The average Bonchev–Trinajstić information content (AvgIpc) is 3.33. The number of piperazine rings is 1. The predicted molar refractivity (Wildman–Crippen MR) is 97.3 cm³/mol. The number of carbonyl (C=O) groups excluding carboxylic acids is 2. The van der Waals surface area contributed by atoms with Crippen LogP contribution in [0.4, 0.5) is 0 Å². The molecule has 0 radical (unpaired) electrons. The highest BCUT2D eigenvalue weighted by atomic mass is 16.5. The highest BCUT2D eigenvalue weighted by Gasteiger charge is 2.28. The summed E-state index contributed by atoms with van der Waals surface area (Å²) < 4.78 is 5.73. The maximum atomic E-state index is 12.4. The molecule has 0 atom stereocenters. The maximum absolute atomic E-state index is 12.4. The van der Waals surface area contributed by atoms with Crippen LogP contribution < -0.4 is 15.0 Å². The number of amides is 2. The fraction of sp³-hybridized carbons (Fsp3) is 0.600. The van der Waals surface area contributed by atoms with Gasteiger partial charge in [-0.05, 0) is 55.4 Å². The second-order valence-electron chi connectivity index (χ2n) is 7.72. The number of rotatable bonds is 6. The number of benzene rings is 1. The van der Waals surface area contributed by atoms with Crippen LogP contribution in [0.3, 0.4) is 0 Å². The number of hydrogen-bond donors (Lipinski definition) is 2. The monoisotopic (exact) mass is 358 g/mol. The van der Waals surface area contributed by atoms with Crippen LogP contribution in [-0.2, 0) is 22.4 Å². The zero-order valence-electron chi connectivity index (χ0n) is 15.3. The van der Waals surface area contributed by atoms with Crippen LogP contribution in [0.25, 0.3) is 0 Å². The van der Waals surface area contributed by atoms with Gasteiger partial charge >= 0.3 is 0 Å². The minimum absolute atomic E-state index is 0.0342. The molecule has 0 unspecified atom stereocenters. The molecule has 3 aliphatic rings. The lowest BCUT2D eigenvalue weighted by atomic mass is 10.1. The highest BCUT2D eigenvalue weighted by molar-refractivity contribution is 5.78. The molecule has 6 nitrogen and oxygen atoms in total. The van der Waals surface area contributed by atoms with Gasteiger partial charge in [-0.2, -0.15) is 0 Å². The van der Waals surface area contributed by atoms with Gasteiger partial charge in [0.25, 0.3) is 11.8 Å². The SMILES string of the molecule is O=C(C[NH+]1CCN(C(=O)COc2ccc3c(c2)CCC3)CC1)NC1CC1. The number of nitrogens with zero attached hydrogens (tertiary/aromatic N) is 1. The molecule has 4 rings (SSSR count). The number of hydrogen-bond acceptors (Lipinski definition) is 3. The Morgan fingerprint density at radius 1 is 1.15 bits per heavy atom. The van der Waals surface area contributed by atoms with E-state index in [1.807, 2.05) is 11.0 Å². The van der Waals surface area contributed by atoms with Gasteiger partial charge in [0.15, 0.2) is 13.2 Å². The fourth-order valence-corrected chi connectivity index (χ4v) is 3.86. The molecule has 1 aromatic rings. The third kappa shape index (κ3) is 4.36. The van der Waals surface area contributed by atoms with Crippen molar-refractivity contribution in [3.8, 4) is 5.75 Å². The molecule has 26 heavy (non-hydrogen) atoms. The lowest BCUT2D eigenvalue weighted by Gasteiger charge is -2.31. The van der Waals surface area contributed by atoms with Crippen molar-refractivity contribution in [2.75, 3.05) is 39.3 Å². The molecule has 1 saturated carbocycles. The third-order valence-electron chi connectivity index (χ3n) is 5.61. The summed E-state index contributed by atoms with van der Waals surface area (Å²) in [6.07, 6.45) is 5.71. The molecule has 1 aliphatic heterocycles. The van der Waals surface area contributed by atoms with Gasteiger partial charge in [0.1, 0.15) is 5.75 Å². The zero-order chi connectivity index (χ0) is 17.9. The lowest BCUT2D eigenvalue weighted by molar-refractivity contribution is -0.896. The Kier molecular flexibility index (Phi) is 5.11. The van der Waals surface area contributed by atoms with Crippen LogP contribution in [0.15, 0.2) is 18.2 Å². The summed E-state index contributed by atoms with van der Waals surface area (Å²) in [5.74, 6) is 0.967. The Morgan fingerprint density at radius 3 is 2.69 bits per heavy atom. The van der Waals surface area contributed by atoms with Crippen molar-refractivity contribution in [1.29, 1.82) is 0 Å². The van der Waals surface area contributed by atoms with E-state index in [1.54, 1.807) is 0 Å². The van der Waals surface area contributed by atoms with E-state index in [-0.39, 0.29) is 18.4 Å². The minimum Gasteiger partial charge on any atom is -0.484 e. The number of aryl methyl sites for hydroxylation is 2. The van der Waals surface area contributed by atoms with Gasteiger partial charge in [0.2, 0.25) is 0 Å². The molecular weight excluding hydrogens is 330 g/mol. The first-order valence-corrected chi connectivity index (χ1v) is 9.83. The Morgan fingerprint density at radius 2 is 1.92 bits per heavy atom. The van der Waals surface area contributed by atoms with Gasteiger partial charge in [0.05, 0.1) is 26.2 Å². The number of fused-ring (bicyclic) bond motifs is 1. The first kappa shape index (κ1) is 17.3. The van der Waals surface area contributed by atoms with Crippen molar-refractivity contribution in [2.45, 2.75) is 38.1 Å². The molecule has 2 amide bonds. The molecule has 140 valence electrons. The van der Waals surface area contributed by atoms with Gasteiger partial charge in [-0.15, -0.1) is 0 Å². The van der Waals surface area contributed by atoms with E-state index in [0.717, 1.165) is 44.5 Å². The third-order valence-corrected chi connectivity index (χ3v) is 5.61. The molecule has 0 aromatic heterocycles. The van der Waals surface area contributed by atoms with Crippen LogP contribution in [0, 0.1) is 0 Å². The topological polar surface area (TPSA) is 63.1 Å². The van der Waals surface area contributed by atoms with Crippen LogP contribution >= 0.6 is 0 Å². The number of nitrogens with one attached hydrogen (secondary N) is 2. The Balaban J connectivity index is 1.19. The molecule has 0 spiro atoms. The molecule has 1 aromatic carbocycles. The summed E-state index contributed by atoms with van der Waals surface area (Å²) in [7, 11) is 0. The normalized spacial score (nSPS) is 19.9. The van der Waals surface area contributed by atoms with Gasteiger partial charge < -0.3 is 19.9 Å². The number of carbonyl (C=O) groups is 2. The Hall–Kier alpha value is -2.08. The first-order chi connectivity index (χ1) is 12.7. The van der Waals surface area contributed by atoms with Crippen LogP contribution in [0.2, 0.25) is 0 Å². The second kappa shape index (κ2) is 7.66. The minimum atomic E-state index is 0.0342. The number of quaternary nitrogens is 1. The van der Waals surface area contributed by atoms with E-state index in [4.69, 9.17) is 4.74 Å². The predicted octanol–water partition coefficient (Wildman–Crippen LogP) is -0.440. The van der Waals surface area contributed by atoms with Crippen LogP contribution in [-0.4, -0.2) is 62.1 Å². The first-order valence-electron chi connectivity index (χ1n) is 9.83. The fourth-order valence-electron chi connectivity index (χ4n) is 3.86.